The van der Waals surface area contributed by atoms with E-state index in [-0.39, 0.29) is 12.1 Å². The van der Waals surface area contributed by atoms with Crippen LogP contribution in [0.15, 0.2) is 42.7 Å². The number of benzene rings is 1. The smallest absolute Gasteiger partial charge is 0.410 e. The predicted octanol–water partition coefficient (Wildman–Crippen LogP) is 3.95. The first-order valence-corrected chi connectivity index (χ1v) is 11.5. The number of anilines is 1. The highest BCUT2D eigenvalue weighted by atomic mass is 19.4. The Hall–Kier alpha value is -3.60. The van der Waals surface area contributed by atoms with E-state index in [2.05, 4.69) is 30.3 Å². The van der Waals surface area contributed by atoms with Gasteiger partial charge in [0.1, 0.15) is 11.6 Å². The zero-order valence-electron chi connectivity index (χ0n) is 18.7. The van der Waals surface area contributed by atoms with Gasteiger partial charge in [0.2, 0.25) is 0 Å². The summed E-state index contributed by atoms with van der Waals surface area (Å²) in [6.07, 6.45) is 0.0549. The van der Waals surface area contributed by atoms with Gasteiger partial charge in [0, 0.05) is 67.3 Å². The van der Waals surface area contributed by atoms with Gasteiger partial charge in [-0.25, -0.2) is 9.78 Å². The summed E-state index contributed by atoms with van der Waals surface area (Å²) in [7, 11) is 0. The molecular formula is C24H23F3N6O2. The fraction of sp³-hybridized carbons (Fsp3) is 0.375. The van der Waals surface area contributed by atoms with Crippen LogP contribution in [0.1, 0.15) is 29.5 Å². The third kappa shape index (κ3) is 4.09. The molecule has 2 bridgehead atoms. The first-order chi connectivity index (χ1) is 16.8. The standard InChI is InChI=1S/C24H23F3N6O2/c25-24(26,27)17-2-6-21(28-10-17)32-12-18-3-4-19(13-32)33(18)11-16-9-30-31-22(16)14-1-5-20-15(7-14)8-29-23(34)35-20/h1-2,5-7,9-10,18-19H,3-4,8,11-13H2,(H,29,34)(H,30,31). The lowest BCUT2D eigenvalue weighted by atomic mass is 10.0. The summed E-state index contributed by atoms with van der Waals surface area (Å²) < 4.78 is 43.9. The number of aromatic nitrogens is 3. The van der Waals surface area contributed by atoms with Crippen molar-refractivity contribution in [1.29, 1.82) is 0 Å². The normalized spacial score (nSPS) is 22.0. The molecule has 2 atom stereocenters. The van der Waals surface area contributed by atoms with Crippen LogP contribution in [0.3, 0.4) is 0 Å². The van der Waals surface area contributed by atoms with Crippen molar-refractivity contribution in [2.24, 2.45) is 0 Å². The number of piperazine rings is 1. The molecule has 0 aliphatic carbocycles. The molecule has 0 saturated carbocycles. The SMILES string of the molecule is O=C1NCc2cc(-c3n[nH]cc3CN3C4CCC3CN(c3ccc(C(F)(F)F)cn3)C4)ccc2O1. The van der Waals surface area contributed by atoms with E-state index in [4.69, 9.17) is 4.74 Å². The fourth-order valence-corrected chi connectivity index (χ4v) is 5.33. The molecule has 1 aromatic carbocycles. The first kappa shape index (κ1) is 21.9. The van der Waals surface area contributed by atoms with Crippen molar-refractivity contribution in [3.05, 3.63) is 59.4 Å². The van der Waals surface area contributed by atoms with Crippen molar-refractivity contribution in [3.63, 3.8) is 0 Å². The van der Waals surface area contributed by atoms with E-state index in [0.29, 0.717) is 18.1 Å². The van der Waals surface area contributed by atoms with Crippen LogP contribution in [0.4, 0.5) is 23.8 Å². The summed E-state index contributed by atoms with van der Waals surface area (Å²) in [6, 6.07) is 8.82. The van der Waals surface area contributed by atoms with Gasteiger partial charge in [-0.3, -0.25) is 10.00 Å². The molecule has 2 saturated heterocycles. The highest BCUT2D eigenvalue weighted by Gasteiger charge is 2.41. The van der Waals surface area contributed by atoms with Gasteiger partial charge in [0.05, 0.1) is 11.3 Å². The van der Waals surface area contributed by atoms with Crippen molar-refractivity contribution >= 4 is 11.9 Å². The zero-order valence-corrected chi connectivity index (χ0v) is 18.7. The number of halogens is 3. The molecule has 35 heavy (non-hydrogen) atoms. The van der Waals surface area contributed by atoms with Crippen molar-refractivity contribution < 1.29 is 22.7 Å². The van der Waals surface area contributed by atoms with Crippen LogP contribution < -0.4 is 15.0 Å². The minimum Gasteiger partial charge on any atom is -0.410 e. The molecule has 3 aliphatic rings. The second-order valence-electron chi connectivity index (χ2n) is 9.19. The highest BCUT2D eigenvalue weighted by Crippen LogP contribution is 2.36. The lowest BCUT2D eigenvalue weighted by Gasteiger charge is -2.41. The van der Waals surface area contributed by atoms with Crippen molar-refractivity contribution in [1.82, 2.24) is 25.4 Å². The number of amides is 1. The Labute approximate surface area is 199 Å². The van der Waals surface area contributed by atoms with Crippen LogP contribution in [0.5, 0.6) is 5.75 Å². The van der Waals surface area contributed by atoms with Gasteiger partial charge in [0.25, 0.3) is 0 Å². The molecule has 2 N–H and O–H groups in total. The van der Waals surface area contributed by atoms with E-state index in [0.717, 1.165) is 67.1 Å². The molecule has 2 unspecified atom stereocenters. The van der Waals surface area contributed by atoms with Gasteiger partial charge in [-0.05, 0) is 43.2 Å². The van der Waals surface area contributed by atoms with Gasteiger partial charge in [-0.2, -0.15) is 18.3 Å². The van der Waals surface area contributed by atoms with Crippen LogP contribution in [-0.4, -0.2) is 51.3 Å². The summed E-state index contributed by atoms with van der Waals surface area (Å²) in [5.41, 5.74) is 3.04. The van der Waals surface area contributed by atoms with E-state index < -0.39 is 17.8 Å². The molecule has 2 fully saturated rings. The number of pyridine rings is 1. The van der Waals surface area contributed by atoms with Crippen molar-refractivity contribution in [3.8, 4) is 17.0 Å². The monoisotopic (exact) mass is 484 g/mol. The van der Waals surface area contributed by atoms with Crippen LogP contribution in [0, 0.1) is 0 Å². The molecular weight excluding hydrogens is 461 g/mol. The summed E-state index contributed by atoms with van der Waals surface area (Å²) in [5.74, 6) is 1.14. The van der Waals surface area contributed by atoms with Crippen LogP contribution in [0.25, 0.3) is 11.3 Å². The summed E-state index contributed by atoms with van der Waals surface area (Å²) in [6.45, 7) is 2.57. The Morgan fingerprint density at radius 3 is 2.63 bits per heavy atom. The molecule has 1 amide bonds. The minimum absolute atomic E-state index is 0.285. The molecule has 6 rings (SSSR count). The number of alkyl halides is 3. The van der Waals surface area contributed by atoms with Crippen LogP contribution in [-0.2, 0) is 19.3 Å². The summed E-state index contributed by atoms with van der Waals surface area (Å²) in [5, 5.41) is 10.1. The van der Waals surface area contributed by atoms with Gasteiger partial charge in [-0.1, -0.05) is 0 Å². The highest BCUT2D eigenvalue weighted by molar-refractivity contribution is 5.74. The molecule has 2 aromatic heterocycles. The van der Waals surface area contributed by atoms with Gasteiger partial charge >= 0.3 is 12.3 Å². The number of nitrogens with zero attached hydrogens (tertiary/aromatic N) is 4. The Bertz CT molecular complexity index is 1240. The second kappa shape index (κ2) is 8.26. The number of ether oxygens (including phenoxy) is 1. The lowest BCUT2D eigenvalue weighted by Crippen LogP contribution is -2.53. The number of nitrogens with one attached hydrogen (secondary N) is 2. The quantitative estimate of drug-likeness (QED) is 0.584. The van der Waals surface area contributed by atoms with E-state index >= 15 is 0 Å². The average molecular weight is 484 g/mol. The number of rotatable bonds is 4. The zero-order chi connectivity index (χ0) is 24.2. The third-order valence-electron chi connectivity index (χ3n) is 7.06. The van der Waals surface area contributed by atoms with E-state index in [1.807, 2.05) is 18.3 Å². The average Bonchev–Trinajstić information content (AvgIpc) is 3.39. The summed E-state index contributed by atoms with van der Waals surface area (Å²) >= 11 is 0. The Kier molecular flexibility index (Phi) is 5.17. The minimum atomic E-state index is -4.38. The van der Waals surface area contributed by atoms with Crippen LogP contribution in [0.2, 0.25) is 0 Å². The number of H-pyrrole nitrogens is 1. The van der Waals surface area contributed by atoms with E-state index in [1.54, 1.807) is 6.07 Å². The molecule has 0 radical (unpaired) electrons. The molecule has 11 heteroatoms. The maximum absolute atomic E-state index is 12.9. The predicted molar refractivity (Wildman–Crippen MR) is 121 cm³/mol. The van der Waals surface area contributed by atoms with Gasteiger partial charge in [0.15, 0.2) is 0 Å². The van der Waals surface area contributed by atoms with Crippen LogP contribution >= 0.6 is 0 Å². The molecule has 5 heterocycles. The first-order valence-electron chi connectivity index (χ1n) is 11.5. The lowest BCUT2D eigenvalue weighted by molar-refractivity contribution is -0.137. The Balaban J connectivity index is 1.18. The number of carbonyl (C=O) groups excluding carboxylic acids is 1. The maximum Gasteiger partial charge on any atom is 0.417 e. The number of fused-ring (bicyclic) bond motifs is 3. The maximum atomic E-state index is 12.9. The Morgan fingerprint density at radius 1 is 1.11 bits per heavy atom. The number of hydrogen-bond donors (Lipinski definition) is 2. The second-order valence-corrected chi connectivity index (χ2v) is 9.19. The third-order valence-corrected chi connectivity index (χ3v) is 7.06. The molecule has 182 valence electrons. The number of hydrogen-bond acceptors (Lipinski definition) is 6. The van der Waals surface area contributed by atoms with Gasteiger partial charge in [-0.15, -0.1) is 0 Å². The molecule has 8 nitrogen and oxygen atoms in total. The van der Waals surface area contributed by atoms with Crippen molar-refractivity contribution in [2.45, 2.75) is 44.2 Å². The van der Waals surface area contributed by atoms with Crippen molar-refractivity contribution in [2.75, 3.05) is 18.0 Å². The largest absolute Gasteiger partial charge is 0.417 e. The number of carbonyl (C=O) groups is 1. The number of aromatic amines is 1. The fourth-order valence-electron chi connectivity index (χ4n) is 5.33. The van der Waals surface area contributed by atoms with E-state index in [1.165, 1.54) is 6.07 Å². The topological polar surface area (TPSA) is 86.4 Å². The molecule has 0 spiro atoms. The van der Waals surface area contributed by atoms with E-state index in [9.17, 15) is 18.0 Å². The molecule has 3 aliphatic heterocycles. The molecule has 3 aromatic rings. The van der Waals surface area contributed by atoms with Gasteiger partial charge < -0.3 is 15.0 Å². The Morgan fingerprint density at radius 2 is 1.91 bits per heavy atom. The summed E-state index contributed by atoms with van der Waals surface area (Å²) in [4.78, 5) is 20.1.